The Morgan fingerprint density at radius 3 is 2.36 bits per heavy atom. The number of hydrogen-bond donors (Lipinski definition) is 1. The van der Waals surface area contributed by atoms with Gasteiger partial charge in [-0.15, -0.1) is 11.3 Å². The van der Waals surface area contributed by atoms with Gasteiger partial charge in [-0.05, 0) is 67.5 Å². The predicted molar refractivity (Wildman–Crippen MR) is 229 cm³/mol. The number of likely N-dealkylation sites (tertiary alicyclic amines) is 1. The Bertz CT molecular complexity index is 2170. The van der Waals surface area contributed by atoms with Crippen LogP contribution >= 0.6 is 42.7 Å². The van der Waals surface area contributed by atoms with Crippen LogP contribution in [0.2, 0.25) is 0 Å². The Balaban J connectivity index is 1.05. The molecule has 3 amide bonds. The SMILES string of the molecule is CC(C)(C)C(=O)SCCOP(=O)(OCOSC(=O)C(C)(C)C)C(F)(F)c1ccc2sc(C(=O)N[C@H]3C[C@@H]4C[C@@H]4C[C@H]4CC[C@@H](C(=O)N5CC(n6ccnc6)C5)N4C3=O)cc2c1. The molecule has 0 radical (unpaired) electrons. The highest BCUT2D eigenvalue weighted by molar-refractivity contribution is 8.13. The molecule has 7 rings (SSSR count). The van der Waals surface area contributed by atoms with Gasteiger partial charge in [-0.2, -0.15) is 8.78 Å². The van der Waals surface area contributed by atoms with E-state index in [2.05, 4.69) is 10.3 Å². The summed E-state index contributed by atoms with van der Waals surface area (Å²) in [5.41, 5.74) is -6.44. The van der Waals surface area contributed by atoms with Crippen LogP contribution in [0.1, 0.15) is 94.9 Å². The monoisotopic (exact) mass is 923 g/mol. The molecule has 1 aliphatic carbocycles. The van der Waals surface area contributed by atoms with E-state index in [0.717, 1.165) is 54.5 Å². The molecule has 4 aliphatic rings. The number of alkyl halides is 2. The zero-order valence-corrected chi connectivity index (χ0v) is 38.3. The van der Waals surface area contributed by atoms with Gasteiger partial charge in [-0.25, -0.2) is 4.98 Å². The third kappa shape index (κ3) is 9.97. The summed E-state index contributed by atoms with van der Waals surface area (Å²) in [6.07, 6.45) is 8.81. The second-order valence-corrected chi connectivity index (χ2v) is 23.3. The van der Waals surface area contributed by atoms with Gasteiger partial charge in [0.15, 0.2) is 11.9 Å². The Labute approximate surface area is 366 Å². The second kappa shape index (κ2) is 17.8. The number of thiophene rings is 1. The van der Waals surface area contributed by atoms with Crippen molar-refractivity contribution < 1.29 is 50.5 Å². The first-order chi connectivity index (χ1) is 28.7. The lowest BCUT2D eigenvalue weighted by Crippen LogP contribution is -2.60. The molecule has 1 saturated carbocycles. The number of rotatable bonds is 14. The van der Waals surface area contributed by atoms with Crippen molar-refractivity contribution in [1.82, 2.24) is 24.7 Å². The van der Waals surface area contributed by atoms with E-state index in [-0.39, 0.29) is 50.9 Å². The van der Waals surface area contributed by atoms with Gasteiger partial charge >= 0.3 is 13.3 Å². The van der Waals surface area contributed by atoms with Crippen LogP contribution in [0.3, 0.4) is 0 Å². The summed E-state index contributed by atoms with van der Waals surface area (Å²) in [5, 5.41) is 2.58. The largest absolute Gasteiger partial charge is 0.406 e. The average Bonchev–Trinajstić information content (AvgIpc) is 3.56. The molecule has 3 aliphatic heterocycles. The van der Waals surface area contributed by atoms with E-state index in [4.69, 9.17) is 13.2 Å². The maximum absolute atomic E-state index is 16.4. The Hall–Kier alpha value is -3.19. The molecule has 3 aromatic rings. The molecule has 3 saturated heterocycles. The topological polar surface area (TPSA) is 166 Å². The standard InChI is InChI=1S/C41H52F2N5O9PS3/c1-39(2,3)37(52)59-14-13-55-58(54,56-23-57-61-38(53)40(4,5)6)41(42,43)27-7-10-32-26(16-27)19-33(60-32)34(49)45-30-18-25-15-24(25)17-28-8-9-31(48(28)35(30)50)36(51)47-20-29(21-47)46-12-11-44-22-46/h7,10-12,16,19,22,24-25,28-31H,8-9,13-15,17-18,20-21,23H2,1-6H3,(H,45,49)/t24-,25+,28-,30+,31+,58?/m1/s1. The number of amides is 3. The van der Waals surface area contributed by atoms with Crippen LogP contribution in [-0.4, -0.2) is 97.7 Å². The number of halogens is 2. The predicted octanol–water partition coefficient (Wildman–Crippen LogP) is 7.85. The first kappa shape index (κ1) is 45.8. The average molecular weight is 924 g/mol. The van der Waals surface area contributed by atoms with E-state index in [1.54, 1.807) is 63.9 Å². The highest BCUT2D eigenvalue weighted by Crippen LogP contribution is 2.67. The Morgan fingerprint density at radius 1 is 0.951 bits per heavy atom. The first-order valence-electron chi connectivity index (χ1n) is 20.4. The van der Waals surface area contributed by atoms with Gasteiger partial charge in [0.2, 0.25) is 16.9 Å². The molecular formula is C41H52F2N5O9PS3. The molecule has 0 spiro atoms. The van der Waals surface area contributed by atoms with Crippen LogP contribution in [0.4, 0.5) is 8.78 Å². The quantitative estimate of drug-likeness (QED) is 0.0722. The highest BCUT2D eigenvalue weighted by atomic mass is 32.2. The normalized spacial score (nSPS) is 24.3. The molecule has 1 unspecified atom stereocenters. The van der Waals surface area contributed by atoms with Gasteiger partial charge in [-0.1, -0.05) is 59.4 Å². The molecule has 1 aromatic carbocycles. The van der Waals surface area contributed by atoms with Crippen molar-refractivity contribution in [1.29, 1.82) is 0 Å². The second-order valence-electron chi connectivity index (χ2n) is 18.3. The van der Waals surface area contributed by atoms with Crippen molar-refractivity contribution in [3.05, 3.63) is 53.4 Å². The fourth-order valence-corrected chi connectivity index (χ4v) is 11.6. The van der Waals surface area contributed by atoms with E-state index in [1.165, 1.54) is 12.1 Å². The molecule has 4 fully saturated rings. The zero-order chi connectivity index (χ0) is 44.1. The van der Waals surface area contributed by atoms with Crippen LogP contribution < -0.4 is 5.32 Å². The number of fused-ring (bicyclic) bond motifs is 3. The molecule has 61 heavy (non-hydrogen) atoms. The van der Waals surface area contributed by atoms with Crippen molar-refractivity contribution in [3.8, 4) is 0 Å². The number of carbonyl (C=O) groups is 5. The number of carbonyl (C=O) groups excluding carboxylic acids is 5. The van der Waals surface area contributed by atoms with E-state index < -0.39 is 66.2 Å². The number of imidazole rings is 1. The molecule has 2 aromatic heterocycles. The van der Waals surface area contributed by atoms with Crippen molar-refractivity contribution in [2.75, 3.05) is 32.2 Å². The van der Waals surface area contributed by atoms with Gasteiger partial charge < -0.3 is 24.2 Å². The maximum atomic E-state index is 16.4. The summed E-state index contributed by atoms with van der Waals surface area (Å²) in [6, 6.07) is 3.57. The fourth-order valence-electron chi connectivity index (χ4n) is 7.88. The smallest absolute Gasteiger partial charge is 0.340 e. The maximum Gasteiger partial charge on any atom is 0.406 e. The number of thioether (sulfide) groups is 1. The molecule has 5 heterocycles. The number of nitrogens with zero attached hydrogens (tertiary/aromatic N) is 4. The van der Waals surface area contributed by atoms with Gasteiger partial charge in [0.05, 0.1) is 35.9 Å². The van der Waals surface area contributed by atoms with Crippen molar-refractivity contribution in [3.63, 3.8) is 0 Å². The summed E-state index contributed by atoms with van der Waals surface area (Å²) in [7, 11) is -5.37. The van der Waals surface area contributed by atoms with Crippen LogP contribution in [-0.2, 0) is 42.6 Å². The van der Waals surface area contributed by atoms with Gasteiger partial charge in [0.25, 0.3) is 5.91 Å². The highest BCUT2D eigenvalue weighted by Gasteiger charge is 2.56. The van der Waals surface area contributed by atoms with Gasteiger partial charge in [0.1, 0.15) is 12.1 Å². The van der Waals surface area contributed by atoms with Crippen LogP contribution in [0.15, 0.2) is 43.0 Å². The number of hydrogen-bond acceptors (Lipinski definition) is 13. The molecular weight excluding hydrogens is 872 g/mol. The Kier molecular flexibility index (Phi) is 13.3. The number of benzene rings is 1. The molecule has 6 atom stereocenters. The third-order valence-corrected chi connectivity index (χ3v) is 16.8. The van der Waals surface area contributed by atoms with E-state index in [1.807, 2.05) is 10.8 Å². The lowest BCUT2D eigenvalue weighted by atomic mass is 9.98. The number of aromatic nitrogens is 2. The van der Waals surface area contributed by atoms with Crippen LogP contribution in [0.25, 0.3) is 10.1 Å². The van der Waals surface area contributed by atoms with Gasteiger partial charge in [0, 0.05) is 58.4 Å². The van der Waals surface area contributed by atoms with Gasteiger partial charge in [-0.3, -0.25) is 37.2 Å². The first-order valence-corrected chi connectivity index (χ1v) is 24.5. The minimum atomic E-state index is -5.37. The summed E-state index contributed by atoms with van der Waals surface area (Å²) in [6.45, 7) is 9.68. The third-order valence-electron chi connectivity index (χ3n) is 11.6. The molecule has 20 heteroatoms. The van der Waals surface area contributed by atoms with E-state index >= 15 is 8.78 Å². The van der Waals surface area contributed by atoms with Crippen LogP contribution in [0, 0.1) is 22.7 Å². The van der Waals surface area contributed by atoms with Crippen molar-refractivity contribution in [2.45, 2.75) is 103 Å². The van der Waals surface area contributed by atoms with Crippen LogP contribution in [0.5, 0.6) is 0 Å². The summed E-state index contributed by atoms with van der Waals surface area (Å²) >= 11 is 2.29. The molecule has 332 valence electrons. The van der Waals surface area contributed by atoms with Crippen molar-refractivity contribution >= 4 is 80.8 Å². The number of nitrogens with one attached hydrogen (secondary N) is 1. The minimum Gasteiger partial charge on any atom is -0.340 e. The molecule has 14 nitrogen and oxygen atoms in total. The fraction of sp³-hybridized carbons (Fsp3) is 0.610. The lowest BCUT2D eigenvalue weighted by Gasteiger charge is -2.43. The summed E-state index contributed by atoms with van der Waals surface area (Å²) in [5.74, 6) is -0.292. The summed E-state index contributed by atoms with van der Waals surface area (Å²) < 4.78 is 64.8. The molecule has 1 N–H and O–H groups in total. The molecule has 0 bridgehead atoms. The summed E-state index contributed by atoms with van der Waals surface area (Å²) in [4.78, 5) is 74.5. The van der Waals surface area contributed by atoms with E-state index in [0.29, 0.717) is 48.6 Å². The van der Waals surface area contributed by atoms with Crippen molar-refractivity contribution in [2.24, 2.45) is 22.7 Å². The Morgan fingerprint density at radius 2 is 1.67 bits per heavy atom. The zero-order valence-electron chi connectivity index (χ0n) is 35.0. The van der Waals surface area contributed by atoms with E-state index in [9.17, 15) is 28.5 Å². The lowest BCUT2D eigenvalue weighted by molar-refractivity contribution is -0.150. The minimum absolute atomic E-state index is 0.0776.